The van der Waals surface area contributed by atoms with Gasteiger partial charge in [-0.25, -0.2) is 0 Å². The monoisotopic (exact) mass is 488 g/mol. The summed E-state index contributed by atoms with van der Waals surface area (Å²) < 4.78 is 0. The second-order valence-electron chi connectivity index (χ2n) is 9.16. The molecular weight excluding hydrogens is 463 g/mol. The Balaban J connectivity index is 1.57. The van der Waals surface area contributed by atoms with Crippen molar-refractivity contribution in [3.8, 4) is 22.5 Å². The average molecular weight is 488 g/mol. The summed E-state index contributed by atoms with van der Waals surface area (Å²) in [6.07, 6.45) is 0.512. The first kappa shape index (κ1) is 23.6. The summed E-state index contributed by atoms with van der Waals surface area (Å²) in [5.74, 6) is 0.565. The highest BCUT2D eigenvalue weighted by Gasteiger charge is 2.41. The Labute approximate surface area is 224 Å². The van der Waals surface area contributed by atoms with Crippen LogP contribution in [0.25, 0.3) is 22.5 Å². The van der Waals surface area contributed by atoms with Gasteiger partial charge in [0.05, 0.1) is 7.85 Å². The Morgan fingerprint density at radius 3 is 1.53 bits per heavy atom. The van der Waals surface area contributed by atoms with Crippen LogP contribution >= 0.6 is 0 Å². The second-order valence-corrected chi connectivity index (χ2v) is 9.16. The zero-order valence-corrected chi connectivity index (χ0v) is 20.9. The van der Waals surface area contributed by atoms with Crippen LogP contribution in [0.5, 0.6) is 0 Å². The van der Waals surface area contributed by atoms with Crippen LogP contribution in [0.15, 0.2) is 140 Å². The fourth-order valence-corrected chi connectivity index (χ4v) is 5.10. The molecule has 0 spiro atoms. The van der Waals surface area contributed by atoms with E-state index in [1.54, 1.807) is 4.80 Å². The highest BCUT2D eigenvalue weighted by Crippen LogP contribution is 2.40. The lowest BCUT2D eigenvalue weighted by Gasteiger charge is -2.34. The molecule has 0 saturated heterocycles. The number of nitrogens with zero attached hydrogens (tertiary/aromatic N) is 4. The molecule has 0 fully saturated rings. The highest BCUT2D eigenvalue weighted by molar-refractivity contribution is 6.08. The summed E-state index contributed by atoms with van der Waals surface area (Å²) in [6.45, 7) is 0. The summed E-state index contributed by atoms with van der Waals surface area (Å²) >= 11 is 0. The zero-order valence-electron chi connectivity index (χ0n) is 20.9. The Morgan fingerprint density at radius 1 is 0.553 bits per heavy atom. The number of tetrazole rings is 1. The molecule has 0 atom stereocenters. The summed E-state index contributed by atoms with van der Waals surface area (Å²) in [4.78, 5) is 1.76. The molecular formula is C33H25BN4. The van der Waals surface area contributed by atoms with Crippen LogP contribution in [-0.4, -0.2) is 28.1 Å². The van der Waals surface area contributed by atoms with Gasteiger partial charge in [0, 0.05) is 5.56 Å². The minimum atomic E-state index is -0.813. The SMILES string of the molecule is [B]Cc1ccc(-c2ccccc2-c2nnn(C(c3ccccc3)(c3ccccc3)c3ccccc3)n2)cc1. The van der Waals surface area contributed by atoms with Crippen LogP contribution in [0, 0.1) is 0 Å². The van der Waals surface area contributed by atoms with Gasteiger partial charge in [0.15, 0.2) is 5.54 Å². The van der Waals surface area contributed by atoms with Crippen LogP contribution in [-0.2, 0) is 11.9 Å². The van der Waals surface area contributed by atoms with E-state index < -0.39 is 5.54 Å². The number of aromatic nitrogens is 4. The standard InChI is InChI=1S/C33H25BN4/c34-24-25-20-22-26(23-21-25)30-18-10-11-19-31(30)32-35-37-38(36-32)33(27-12-4-1-5-13-27,28-14-6-2-7-15-28)29-16-8-3-9-17-29/h1-23H,24H2. The van der Waals surface area contributed by atoms with Gasteiger partial charge in [-0.1, -0.05) is 151 Å². The van der Waals surface area contributed by atoms with Gasteiger partial charge in [0.2, 0.25) is 5.82 Å². The Bertz CT molecular complexity index is 1530. The van der Waals surface area contributed by atoms with Crippen molar-refractivity contribution < 1.29 is 0 Å². The quantitative estimate of drug-likeness (QED) is 0.190. The highest BCUT2D eigenvalue weighted by atomic mass is 15.6. The molecule has 180 valence electrons. The van der Waals surface area contributed by atoms with Gasteiger partial charge in [-0.3, -0.25) is 0 Å². The molecule has 5 heteroatoms. The third kappa shape index (κ3) is 4.12. The van der Waals surface area contributed by atoms with Crippen molar-refractivity contribution in [1.82, 2.24) is 20.2 Å². The Kier molecular flexibility index (Phi) is 6.41. The number of benzene rings is 5. The molecule has 0 N–H and O–H groups in total. The second kappa shape index (κ2) is 10.3. The van der Waals surface area contributed by atoms with Crippen LogP contribution in [0.3, 0.4) is 0 Å². The number of hydrogen-bond donors (Lipinski definition) is 0. The predicted molar refractivity (Wildman–Crippen MR) is 153 cm³/mol. The van der Waals surface area contributed by atoms with Gasteiger partial charge >= 0.3 is 0 Å². The molecule has 6 rings (SSSR count). The Hall–Kier alpha value is -4.77. The van der Waals surface area contributed by atoms with Crippen molar-refractivity contribution in [2.24, 2.45) is 0 Å². The van der Waals surface area contributed by atoms with Gasteiger partial charge in [0.25, 0.3) is 0 Å². The van der Waals surface area contributed by atoms with Crippen molar-refractivity contribution in [2.75, 3.05) is 0 Å². The van der Waals surface area contributed by atoms with Crippen molar-refractivity contribution in [1.29, 1.82) is 0 Å². The number of hydrogen-bond acceptors (Lipinski definition) is 3. The van der Waals surface area contributed by atoms with E-state index in [0.717, 1.165) is 38.9 Å². The maximum atomic E-state index is 5.82. The maximum absolute atomic E-state index is 5.82. The van der Waals surface area contributed by atoms with Crippen molar-refractivity contribution in [3.63, 3.8) is 0 Å². The largest absolute Gasteiger partial charge is 0.205 e. The predicted octanol–water partition coefficient (Wildman–Crippen LogP) is 6.52. The van der Waals surface area contributed by atoms with Crippen LogP contribution in [0.4, 0.5) is 0 Å². The summed E-state index contributed by atoms with van der Waals surface area (Å²) in [7, 11) is 5.82. The van der Waals surface area contributed by atoms with Gasteiger partial charge in [-0.05, 0) is 33.0 Å². The first-order chi connectivity index (χ1) is 18.8. The summed E-state index contributed by atoms with van der Waals surface area (Å²) in [6, 6.07) is 47.6. The van der Waals surface area contributed by atoms with Crippen molar-refractivity contribution in [2.45, 2.75) is 11.9 Å². The molecule has 0 aliphatic rings. The molecule has 0 saturated carbocycles. The molecule has 38 heavy (non-hydrogen) atoms. The van der Waals surface area contributed by atoms with Crippen molar-refractivity contribution in [3.05, 3.63) is 162 Å². The van der Waals surface area contributed by atoms with E-state index in [-0.39, 0.29) is 0 Å². The van der Waals surface area contributed by atoms with Gasteiger partial charge < -0.3 is 0 Å². The molecule has 0 aliphatic carbocycles. The third-order valence-electron chi connectivity index (χ3n) is 6.96. The van der Waals surface area contributed by atoms with E-state index in [4.69, 9.17) is 18.2 Å². The first-order valence-corrected chi connectivity index (χ1v) is 12.7. The molecule has 0 unspecified atom stereocenters. The van der Waals surface area contributed by atoms with Gasteiger partial charge in [-0.15, -0.1) is 15.0 Å². The molecule has 4 nitrogen and oxygen atoms in total. The summed E-state index contributed by atoms with van der Waals surface area (Å²) in [5, 5.41) is 14.4. The zero-order chi connectivity index (χ0) is 25.8. The molecule has 1 aromatic heterocycles. The third-order valence-corrected chi connectivity index (χ3v) is 6.96. The lowest BCUT2D eigenvalue weighted by molar-refractivity contribution is 0.396. The molecule has 2 radical (unpaired) electrons. The minimum absolute atomic E-state index is 0.512. The average Bonchev–Trinajstić information content (AvgIpc) is 3.50. The van der Waals surface area contributed by atoms with E-state index in [0.29, 0.717) is 12.1 Å². The minimum Gasteiger partial charge on any atom is -0.144 e. The molecule has 1 heterocycles. The van der Waals surface area contributed by atoms with E-state index in [9.17, 15) is 0 Å². The molecule has 6 aromatic rings. The Morgan fingerprint density at radius 2 is 1.03 bits per heavy atom. The molecule has 0 aliphatic heterocycles. The lowest BCUT2D eigenvalue weighted by Crippen LogP contribution is -2.39. The van der Waals surface area contributed by atoms with Crippen molar-refractivity contribution >= 4 is 7.85 Å². The molecule has 5 aromatic carbocycles. The fraction of sp³-hybridized carbons (Fsp3) is 0.0606. The van der Waals surface area contributed by atoms with Crippen LogP contribution in [0.2, 0.25) is 0 Å². The smallest absolute Gasteiger partial charge is 0.144 e. The summed E-state index contributed by atoms with van der Waals surface area (Å²) in [5.41, 5.74) is 6.46. The van der Waals surface area contributed by atoms with E-state index in [2.05, 4.69) is 71.8 Å². The number of rotatable bonds is 7. The molecule has 0 amide bonds. The fourth-order valence-electron chi connectivity index (χ4n) is 5.10. The lowest BCUT2D eigenvalue weighted by atomic mass is 9.77. The normalized spacial score (nSPS) is 11.4. The molecule has 0 bridgehead atoms. The topological polar surface area (TPSA) is 43.6 Å². The van der Waals surface area contributed by atoms with Gasteiger partial charge in [0.1, 0.15) is 0 Å². The van der Waals surface area contributed by atoms with E-state index >= 15 is 0 Å². The van der Waals surface area contributed by atoms with E-state index in [1.165, 1.54) is 0 Å². The van der Waals surface area contributed by atoms with Crippen LogP contribution < -0.4 is 0 Å². The van der Waals surface area contributed by atoms with Crippen LogP contribution in [0.1, 0.15) is 22.3 Å². The van der Waals surface area contributed by atoms with Gasteiger partial charge in [-0.2, -0.15) is 0 Å². The first-order valence-electron chi connectivity index (χ1n) is 12.7. The maximum Gasteiger partial charge on any atom is 0.205 e. The van der Waals surface area contributed by atoms with E-state index in [1.807, 2.05) is 72.8 Å².